The molecule has 0 radical (unpaired) electrons. The Morgan fingerprint density at radius 2 is 2.19 bits per heavy atom. The van der Waals surface area contributed by atoms with Crippen molar-refractivity contribution in [2.45, 2.75) is 19.4 Å². The zero-order chi connectivity index (χ0) is 15.2. The van der Waals surface area contributed by atoms with E-state index in [9.17, 15) is 4.79 Å². The molecule has 21 heavy (non-hydrogen) atoms. The first-order valence-electron chi connectivity index (χ1n) is 6.48. The summed E-state index contributed by atoms with van der Waals surface area (Å²) in [6, 6.07) is 8.95. The molecule has 0 fully saturated rings. The number of halogens is 2. The molecular formula is C15H15Cl2NO2S. The van der Waals surface area contributed by atoms with Crippen LogP contribution < -0.4 is 10.1 Å². The molecule has 6 heteroatoms. The van der Waals surface area contributed by atoms with Crippen molar-refractivity contribution < 1.29 is 9.53 Å². The summed E-state index contributed by atoms with van der Waals surface area (Å²) in [4.78, 5) is 13.2. The number of thiophene rings is 1. The fourth-order valence-corrected chi connectivity index (χ4v) is 2.88. The number of carbonyl (C=O) groups excluding carboxylic acids is 1. The van der Waals surface area contributed by atoms with Gasteiger partial charge in [-0.2, -0.15) is 0 Å². The van der Waals surface area contributed by atoms with Crippen molar-refractivity contribution in [2.75, 3.05) is 6.54 Å². The molecule has 0 saturated heterocycles. The van der Waals surface area contributed by atoms with Crippen molar-refractivity contribution >= 4 is 40.4 Å². The first-order chi connectivity index (χ1) is 10.1. The lowest BCUT2D eigenvalue weighted by atomic mass is 10.3. The molecule has 1 aromatic heterocycles. The lowest BCUT2D eigenvalue weighted by Gasteiger charge is -2.15. The number of carbonyl (C=O) groups is 1. The van der Waals surface area contributed by atoms with Crippen LogP contribution in [-0.4, -0.2) is 18.6 Å². The second kappa shape index (κ2) is 7.69. The van der Waals surface area contributed by atoms with E-state index < -0.39 is 6.10 Å². The molecule has 1 unspecified atom stereocenters. The van der Waals surface area contributed by atoms with E-state index in [1.54, 1.807) is 36.5 Å². The van der Waals surface area contributed by atoms with Crippen molar-refractivity contribution in [2.24, 2.45) is 0 Å². The normalized spacial score (nSPS) is 12.0. The third-order valence-corrected chi connectivity index (χ3v) is 4.28. The Morgan fingerprint density at radius 1 is 1.38 bits per heavy atom. The summed E-state index contributed by atoms with van der Waals surface area (Å²) in [5, 5.41) is 5.78. The highest BCUT2D eigenvalue weighted by molar-refractivity contribution is 7.09. The minimum Gasteiger partial charge on any atom is -0.479 e. The second-order valence-corrected chi connectivity index (χ2v) is 6.33. The van der Waals surface area contributed by atoms with Gasteiger partial charge in [0.25, 0.3) is 5.91 Å². The van der Waals surface area contributed by atoms with Crippen LogP contribution in [0.4, 0.5) is 0 Å². The molecule has 1 amide bonds. The summed E-state index contributed by atoms with van der Waals surface area (Å²) < 4.78 is 5.55. The number of nitrogens with one attached hydrogen (secondary N) is 1. The Kier molecular flexibility index (Phi) is 5.91. The molecular weight excluding hydrogens is 329 g/mol. The number of amides is 1. The fraction of sp³-hybridized carbons (Fsp3) is 0.267. The maximum absolute atomic E-state index is 12.0. The molecule has 3 nitrogen and oxygen atoms in total. The van der Waals surface area contributed by atoms with E-state index in [1.165, 1.54) is 4.88 Å². The van der Waals surface area contributed by atoms with Crippen LogP contribution in [0.3, 0.4) is 0 Å². The van der Waals surface area contributed by atoms with Gasteiger partial charge >= 0.3 is 0 Å². The monoisotopic (exact) mass is 343 g/mol. The van der Waals surface area contributed by atoms with E-state index in [4.69, 9.17) is 27.9 Å². The van der Waals surface area contributed by atoms with Gasteiger partial charge in [0.15, 0.2) is 6.10 Å². The van der Waals surface area contributed by atoms with Crippen LogP contribution in [-0.2, 0) is 11.2 Å². The third-order valence-electron chi connectivity index (χ3n) is 2.82. The van der Waals surface area contributed by atoms with Gasteiger partial charge < -0.3 is 10.1 Å². The third kappa shape index (κ3) is 4.92. The smallest absolute Gasteiger partial charge is 0.260 e. The number of ether oxygens (including phenoxy) is 1. The summed E-state index contributed by atoms with van der Waals surface area (Å²) in [5.41, 5.74) is 0. The fourth-order valence-electron chi connectivity index (χ4n) is 1.72. The highest BCUT2D eigenvalue weighted by atomic mass is 35.5. The Balaban J connectivity index is 1.81. The first kappa shape index (κ1) is 16.1. The summed E-state index contributed by atoms with van der Waals surface area (Å²) in [6.45, 7) is 2.27. The molecule has 1 atom stereocenters. The van der Waals surface area contributed by atoms with Crippen molar-refractivity contribution in [3.8, 4) is 5.75 Å². The van der Waals surface area contributed by atoms with Crippen LogP contribution in [0.15, 0.2) is 35.7 Å². The first-order valence-corrected chi connectivity index (χ1v) is 8.11. The molecule has 2 rings (SSSR count). The highest BCUT2D eigenvalue weighted by Crippen LogP contribution is 2.28. The van der Waals surface area contributed by atoms with E-state index in [1.807, 2.05) is 17.5 Å². The van der Waals surface area contributed by atoms with E-state index in [0.717, 1.165) is 6.42 Å². The number of hydrogen-bond donors (Lipinski definition) is 1. The van der Waals surface area contributed by atoms with Crippen molar-refractivity contribution in [1.29, 1.82) is 0 Å². The zero-order valence-corrected chi connectivity index (χ0v) is 13.8. The van der Waals surface area contributed by atoms with Crippen LogP contribution >= 0.6 is 34.5 Å². The molecule has 0 aliphatic carbocycles. The average Bonchev–Trinajstić information content (AvgIpc) is 2.95. The largest absolute Gasteiger partial charge is 0.479 e. The van der Waals surface area contributed by atoms with E-state index in [0.29, 0.717) is 22.3 Å². The van der Waals surface area contributed by atoms with Gasteiger partial charge in [0.1, 0.15) is 5.75 Å². The number of benzene rings is 1. The molecule has 0 spiro atoms. The van der Waals surface area contributed by atoms with Crippen LogP contribution in [0.2, 0.25) is 10.0 Å². The SMILES string of the molecule is CC(Oc1ccc(Cl)cc1Cl)C(=O)NCCc1cccs1. The average molecular weight is 344 g/mol. The Morgan fingerprint density at radius 3 is 2.86 bits per heavy atom. The van der Waals surface area contributed by atoms with E-state index >= 15 is 0 Å². The predicted octanol–water partition coefficient (Wildman–Crippen LogP) is 4.18. The molecule has 1 N–H and O–H groups in total. The Labute approximate surface area is 137 Å². The molecule has 0 aliphatic heterocycles. The lowest BCUT2D eigenvalue weighted by Crippen LogP contribution is -2.37. The van der Waals surface area contributed by atoms with E-state index in [-0.39, 0.29) is 5.91 Å². The zero-order valence-electron chi connectivity index (χ0n) is 11.4. The van der Waals surface area contributed by atoms with Gasteiger partial charge in [-0.3, -0.25) is 4.79 Å². The summed E-state index contributed by atoms with van der Waals surface area (Å²) in [7, 11) is 0. The second-order valence-electron chi connectivity index (χ2n) is 4.46. The van der Waals surface area contributed by atoms with Gasteiger partial charge in [0.05, 0.1) is 5.02 Å². The van der Waals surface area contributed by atoms with Crippen molar-refractivity contribution in [3.63, 3.8) is 0 Å². The van der Waals surface area contributed by atoms with E-state index in [2.05, 4.69) is 5.32 Å². The summed E-state index contributed by atoms with van der Waals surface area (Å²) >= 11 is 13.5. The lowest BCUT2D eigenvalue weighted by molar-refractivity contribution is -0.127. The van der Waals surface area contributed by atoms with Crippen molar-refractivity contribution in [3.05, 3.63) is 50.6 Å². The Bertz CT molecular complexity index is 602. The van der Waals surface area contributed by atoms with Gasteiger partial charge in [0, 0.05) is 16.4 Å². The van der Waals surface area contributed by atoms with Crippen LogP contribution in [0.25, 0.3) is 0 Å². The predicted molar refractivity (Wildman–Crippen MR) is 87.6 cm³/mol. The van der Waals surface area contributed by atoms with Gasteiger partial charge in [0.2, 0.25) is 0 Å². The number of hydrogen-bond acceptors (Lipinski definition) is 3. The Hall–Kier alpha value is -1.23. The van der Waals surface area contributed by atoms with Gasteiger partial charge in [-0.05, 0) is 43.0 Å². The summed E-state index contributed by atoms with van der Waals surface area (Å²) in [6.07, 6.45) is 0.199. The van der Waals surface area contributed by atoms with Gasteiger partial charge in [-0.25, -0.2) is 0 Å². The molecule has 0 aliphatic rings. The minimum absolute atomic E-state index is 0.169. The summed E-state index contributed by atoms with van der Waals surface area (Å²) in [5.74, 6) is 0.277. The molecule has 112 valence electrons. The maximum atomic E-state index is 12.0. The molecule has 0 saturated carbocycles. The van der Waals surface area contributed by atoms with Gasteiger partial charge in [-0.1, -0.05) is 29.3 Å². The van der Waals surface area contributed by atoms with Crippen LogP contribution in [0.1, 0.15) is 11.8 Å². The molecule has 1 heterocycles. The standard InChI is InChI=1S/C15H15Cl2NO2S/c1-10(20-14-5-4-11(16)9-13(14)17)15(19)18-7-6-12-3-2-8-21-12/h2-5,8-10H,6-7H2,1H3,(H,18,19). The van der Waals surface area contributed by atoms with Gasteiger partial charge in [-0.15, -0.1) is 11.3 Å². The molecule has 1 aromatic carbocycles. The molecule has 0 bridgehead atoms. The van der Waals surface area contributed by atoms with Crippen LogP contribution in [0.5, 0.6) is 5.75 Å². The maximum Gasteiger partial charge on any atom is 0.260 e. The van der Waals surface area contributed by atoms with Crippen LogP contribution in [0, 0.1) is 0 Å². The number of rotatable bonds is 6. The van der Waals surface area contributed by atoms with Crippen molar-refractivity contribution in [1.82, 2.24) is 5.32 Å². The minimum atomic E-state index is -0.619. The highest BCUT2D eigenvalue weighted by Gasteiger charge is 2.15. The quantitative estimate of drug-likeness (QED) is 0.854. The topological polar surface area (TPSA) is 38.3 Å². The molecule has 2 aromatic rings.